The smallest absolute Gasteiger partial charge is 0.318 e. The van der Waals surface area contributed by atoms with E-state index in [2.05, 4.69) is 36.1 Å². The highest BCUT2D eigenvalue weighted by atomic mass is 16.6. The number of aromatic hydroxyl groups is 1. The Morgan fingerprint density at radius 3 is 1.81 bits per heavy atom. The molecule has 4 aromatic rings. The van der Waals surface area contributed by atoms with E-state index >= 15 is 0 Å². The first-order valence-corrected chi connectivity index (χ1v) is 10.2. The third kappa shape index (κ3) is 5.82. The van der Waals surface area contributed by atoms with Crippen LogP contribution in [-0.4, -0.2) is 36.1 Å². The molecule has 0 aliphatic carbocycles. The number of rotatable bonds is 9. The molecule has 1 aromatic heterocycles. The molecule has 14 nitrogen and oxygen atoms in total. The summed E-state index contributed by atoms with van der Waals surface area (Å²) in [6, 6.07) is 19.9. The van der Waals surface area contributed by atoms with Gasteiger partial charge < -0.3 is 15.7 Å². The standard InChI is InChI=1S/C22H17N9O5/c32-19-14(11-17(30(33)34)12-18(19)31(35)36)13-23-29-22-27-20(24-15-7-3-1-4-8-15)26-21(28-22)25-16-9-5-2-6-10-16/h1-13,32H,(H3,24,25,26,27,28,29)/b23-13-. The minimum absolute atomic E-state index is 0.0162. The maximum atomic E-state index is 11.1. The van der Waals surface area contributed by atoms with Gasteiger partial charge in [-0.15, -0.1) is 0 Å². The van der Waals surface area contributed by atoms with Crippen molar-refractivity contribution in [1.82, 2.24) is 15.0 Å². The lowest BCUT2D eigenvalue weighted by molar-refractivity contribution is -0.394. The van der Waals surface area contributed by atoms with E-state index in [4.69, 9.17) is 0 Å². The average molecular weight is 487 g/mol. The Bertz CT molecular complexity index is 1370. The van der Waals surface area contributed by atoms with Crippen molar-refractivity contribution in [2.75, 3.05) is 16.1 Å². The number of nitro groups is 2. The minimum atomic E-state index is -0.928. The quantitative estimate of drug-likeness (QED) is 0.149. The summed E-state index contributed by atoms with van der Waals surface area (Å²) in [5, 5.41) is 42.4. The zero-order chi connectivity index (χ0) is 25.5. The van der Waals surface area contributed by atoms with Crippen molar-refractivity contribution in [2.45, 2.75) is 0 Å². The summed E-state index contributed by atoms with van der Waals surface area (Å²) >= 11 is 0. The summed E-state index contributed by atoms with van der Waals surface area (Å²) in [6.45, 7) is 0. The van der Waals surface area contributed by atoms with E-state index in [-0.39, 0.29) is 23.4 Å². The van der Waals surface area contributed by atoms with Gasteiger partial charge >= 0.3 is 5.69 Å². The lowest BCUT2D eigenvalue weighted by atomic mass is 10.1. The predicted molar refractivity (Wildman–Crippen MR) is 132 cm³/mol. The van der Waals surface area contributed by atoms with Crippen LogP contribution >= 0.6 is 0 Å². The van der Waals surface area contributed by atoms with Gasteiger partial charge in [-0.3, -0.25) is 20.2 Å². The molecule has 3 aromatic carbocycles. The summed E-state index contributed by atoms with van der Waals surface area (Å²) < 4.78 is 0. The van der Waals surface area contributed by atoms with Crippen LogP contribution in [-0.2, 0) is 0 Å². The van der Waals surface area contributed by atoms with Crippen molar-refractivity contribution in [3.05, 3.63) is 98.6 Å². The van der Waals surface area contributed by atoms with E-state index in [1.807, 2.05) is 60.7 Å². The van der Waals surface area contributed by atoms with Crippen LogP contribution in [0.1, 0.15) is 5.56 Å². The van der Waals surface area contributed by atoms with E-state index in [9.17, 15) is 25.3 Å². The number of aromatic nitrogens is 3. The van der Waals surface area contributed by atoms with Crippen LogP contribution < -0.4 is 16.1 Å². The molecular formula is C22H17N9O5. The molecule has 0 radical (unpaired) electrons. The van der Waals surface area contributed by atoms with Crippen LogP contribution in [0.4, 0.5) is 40.6 Å². The maximum absolute atomic E-state index is 11.1. The van der Waals surface area contributed by atoms with Gasteiger partial charge in [-0.05, 0) is 24.3 Å². The number of phenolic OH excluding ortho intramolecular Hbond substituents is 1. The Kier molecular flexibility index (Phi) is 6.86. The van der Waals surface area contributed by atoms with Crippen LogP contribution in [0.3, 0.4) is 0 Å². The van der Waals surface area contributed by atoms with Crippen molar-refractivity contribution >= 4 is 46.8 Å². The zero-order valence-electron chi connectivity index (χ0n) is 18.3. The SMILES string of the molecule is O=[N+]([O-])c1cc(/C=N\Nc2nc(Nc3ccccc3)nc(Nc3ccccc3)n2)c(O)c([N+](=O)[O-])c1. The van der Waals surface area contributed by atoms with Gasteiger partial charge in [0.05, 0.1) is 27.7 Å². The number of nitro benzene ring substituents is 2. The number of hydrazone groups is 1. The second kappa shape index (κ2) is 10.5. The van der Waals surface area contributed by atoms with Crippen LogP contribution in [0.15, 0.2) is 77.9 Å². The third-order valence-corrected chi connectivity index (χ3v) is 4.58. The monoisotopic (exact) mass is 487 g/mol. The number of anilines is 5. The van der Waals surface area contributed by atoms with Gasteiger partial charge in [0.25, 0.3) is 5.69 Å². The van der Waals surface area contributed by atoms with Crippen LogP contribution in [0.5, 0.6) is 5.75 Å². The topological polar surface area (TPSA) is 194 Å². The summed E-state index contributed by atoms with van der Waals surface area (Å²) in [6.07, 6.45) is 0.980. The third-order valence-electron chi connectivity index (χ3n) is 4.58. The van der Waals surface area contributed by atoms with Crippen LogP contribution in [0.25, 0.3) is 0 Å². The second-order valence-electron chi connectivity index (χ2n) is 7.08. The Balaban J connectivity index is 1.63. The van der Waals surface area contributed by atoms with Gasteiger partial charge in [-0.2, -0.15) is 20.1 Å². The molecule has 0 bridgehead atoms. The number of hydrogen-bond acceptors (Lipinski definition) is 12. The highest BCUT2D eigenvalue weighted by molar-refractivity contribution is 5.87. The van der Waals surface area contributed by atoms with Gasteiger partial charge in [0.15, 0.2) is 0 Å². The Hall–Kier alpha value is -5.66. The first kappa shape index (κ1) is 23.5. The molecule has 0 saturated heterocycles. The Labute approximate surface area is 202 Å². The van der Waals surface area contributed by atoms with Crippen molar-refractivity contribution < 1.29 is 15.0 Å². The molecule has 1 heterocycles. The van der Waals surface area contributed by atoms with Crippen molar-refractivity contribution in [3.8, 4) is 5.75 Å². The molecule has 0 fully saturated rings. The first-order chi connectivity index (χ1) is 17.4. The molecule has 0 amide bonds. The molecule has 14 heteroatoms. The molecule has 0 spiro atoms. The molecule has 36 heavy (non-hydrogen) atoms. The van der Waals surface area contributed by atoms with Crippen LogP contribution in [0, 0.1) is 20.2 Å². The van der Waals surface area contributed by atoms with E-state index in [1.165, 1.54) is 0 Å². The van der Waals surface area contributed by atoms with E-state index in [0.717, 1.165) is 23.7 Å². The van der Waals surface area contributed by atoms with E-state index in [1.54, 1.807) is 0 Å². The minimum Gasteiger partial charge on any atom is -0.502 e. The summed E-state index contributed by atoms with van der Waals surface area (Å²) in [5.41, 5.74) is 2.34. The summed E-state index contributed by atoms with van der Waals surface area (Å²) in [5.74, 6) is -0.426. The number of nitrogens with one attached hydrogen (secondary N) is 3. The van der Waals surface area contributed by atoms with Crippen molar-refractivity contribution in [3.63, 3.8) is 0 Å². The van der Waals surface area contributed by atoms with Gasteiger partial charge in [-0.1, -0.05) is 36.4 Å². The average Bonchev–Trinajstić information content (AvgIpc) is 2.86. The number of hydrogen-bond donors (Lipinski definition) is 4. The fraction of sp³-hybridized carbons (Fsp3) is 0. The van der Waals surface area contributed by atoms with Crippen LogP contribution in [0.2, 0.25) is 0 Å². The van der Waals surface area contributed by atoms with E-state index in [0.29, 0.717) is 6.07 Å². The molecule has 0 aliphatic rings. The largest absolute Gasteiger partial charge is 0.502 e. The number of phenols is 1. The zero-order valence-corrected chi connectivity index (χ0v) is 18.3. The number of benzene rings is 3. The fourth-order valence-corrected chi connectivity index (χ4v) is 2.97. The molecule has 4 N–H and O–H groups in total. The van der Waals surface area contributed by atoms with Gasteiger partial charge in [0.1, 0.15) is 0 Å². The molecule has 0 unspecified atom stereocenters. The molecule has 0 atom stereocenters. The first-order valence-electron chi connectivity index (χ1n) is 10.2. The molecular weight excluding hydrogens is 470 g/mol. The molecule has 0 saturated carbocycles. The Morgan fingerprint density at radius 2 is 1.31 bits per heavy atom. The maximum Gasteiger partial charge on any atom is 0.318 e. The lowest BCUT2D eigenvalue weighted by Gasteiger charge is -2.10. The highest BCUT2D eigenvalue weighted by Gasteiger charge is 2.23. The lowest BCUT2D eigenvalue weighted by Crippen LogP contribution is -2.07. The summed E-state index contributed by atoms with van der Waals surface area (Å²) in [4.78, 5) is 33.3. The Morgan fingerprint density at radius 1 is 0.778 bits per heavy atom. The van der Waals surface area contributed by atoms with Crippen molar-refractivity contribution in [2.24, 2.45) is 5.10 Å². The van der Waals surface area contributed by atoms with E-state index < -0.39 is 27.0 Å². The highest BCUT2D eigenvalue weighted by Crippen LogP contribution is 2.33. The van der Waals surface area contributed by atoms with Gasteiger partial charge in [0, 0.05) is 17.4 Å². The normalized spacial score (nSPS) is 10.7. The predicted octanol–water partition coefficient (Wildman–Crippen LogP) is 4.33. The fourth-order valence-electron chi connectivity index (χ4n) is 2.97. The molecule has 4 rings (SSSR count). The second-order valence-corrected chi connectivity index (χ2v) is 7.08. The molecule has 0 aliphatic heterocycles. The molecule has 180 valence electrons. The van der Waals surface area contributed by atoms with Crippen molar-refractivity contribution in [1.29, 1.82) is 0 Å². The number of nitrogens with zero attached hydrogens (tertiary/aromatic N) is 6. The number of para-hydroxylation sites is 2. The van der Waals surface area contributed by atoms with Gasteiger partial charge in [0.2, 0.25) is 23.6 Å². The summed E-state index contributed by atoms with van der Waals surface area (Å²) in [7, 11) is 0. The number of non-ortho nitro benzene ring substituents is 1. The van der Waals surface area contributed by atoms with Gasteiger partial charge in [-0.25, -0.2) is 5.43 Å².